The van der Waals surface area contributed by atoms with E-state index >= 15 is 0 Å². The lowest BCUT2D eigenvalue weighted by atomic mass is 10.1. The van der Waals surface area contributed by atoms with Gasteiger partial charge in [-0.3, -0.25) is 9.58 Å². The molecule has 4 nitrogen and oxygen atoms in total. The third-order valence-corrected chi connectivity index (χ3v) is 4.98. The first kappa shape index (κ1) is 15.0. The number of hydrogen-bond donors (Lipinski definition) is 1. The van der Waals surface area contributed by atoms with Gasteiger partial charge in [-0.25, -0.2) is 0 Å². The standard InChI is InChI=1S/C17H30N4/c1-12(10-21-15(4)7-13(2)19-21)9-18-16-8-14(3)20(11-16)17-5-6-17/h7,12,14,16-18H,5-6,8-11H2,1-4H3/t12-,14+,16-/m1/s1. The molecule has 2 aliphatic rings. The van der Waals surface area contributed by atoms with E-state index in [0.717, 1.165) is 30.9 Å². The van der Waals surface area contributed by atoms with E-state index in [9.17, 15) is 0 Å². The SMILES string of the molecule is Cc1cc(C)n(C[C@H](C)CN[C@@H]2C[C@H](C)N(C3CC3)C2)n1. The van der Waals surface area contributed by atoms with Gasteiger partial charge in [-0.05, 0) is 58.6 Å². The van der Waals surface area contributed by atoms with Gasteiger partial charge in [0.05, 0.1) is 5.69 Å². The van der Waals surface area contributed by atoms with Crippen molar-refractivity contribution in [3.05, 3.63) is 17.5 Å². The minimum atomic E-state index is 0.619. The van der Waals surface area contributed by atoms with E-state index in [0.29, 0.717) is 12.0 Å². The maximum atomic E-state index is 4.57. The zero-order chi connectivity index (χ0) is 15.0. The zero-order valence-electron chi connectivity index (χ0n) is 14.0. The van der Waals surface area contributed by atoms with Crippen molar-refractivity contribution in [3.8, 4) is 0 Å². The summed E-state index contributed by atoms with van der Waals surface area (Å²) in [7, 11) is 0. The molecule has 3 atom stereocenters. The third-order valence-electron chi connectivity index (χ3n) is 4.98. The Bertz CT molecular complexity index is 477. The summed E-state index contributed by atoms with van der Waals surface area (Å²) in [5.74, 6) is 0.619. The normalized spacial score (nSPS) is 28.2. The second kappa shape index (κ2) is 6.09. The number of hydrogen-bond acceptors (Lipinski definition) is 3. The van der Waals surface area contributed by atoms with E-state index in [-0.39, 0.29) is 0 Å². The van der Waals surface area contributed by atoms with Crippen LogP contribution in [0.2, 0.25) is 0 Å². The van der Waals surface area contributed by atoms with E-state index in [1.165, 1.54) is 31.5 Å². The maximum absolute atomic E-state index is 4.57. The van der Waals surface area contributed by atoms with Gasteiger partial charge < -0.3 is 5.32 Å². The van der Waals surface area contributed by atoms with Crippen LogP contribution in [-0.4, -0.2) is 45.9 Å². The molecule has 1 N–H and O–H groups in total. The van der Waals surface area contributed by atoms with Gasteiger partial charge in [-0.15, -0.1) is 0 Å². The lowest BCUT2D eigenvalue weighted by molar-refractivity contribution is 0.254. The third kappa shape index (κ3) is 3.67. The average Bonchev–Trinajstić information content (AvgIpc) is 3.12. The maximum Gasteiger partial charge on any atom is 0.0596 e. The Morgan fingerprint density at radius 2 is 2.14 bits per heavy atom. The molecule has 0 unspecified atom stereocenters. The van der Waals surface area contributed by atoms with Gasteiger partial charge in [-0.2, -0.15) is 5.10 Å². The highest BCUT2D eigenvalue weighted by Crippen LogP contribution is 2.33. The van der Waals surface area contributed by atoms with Crippen molar-refractivity contribution in [1.82, 2.24) is 20.0 Å². The Kier molecular flexibility index (Phi) is 4.36. The van der Waals surface area contributed by atoms with E-state index in [2.05, 4.69) is 53.8 Å². The molecular formula is C17H30N4. The van der Waals surface area contributed by atoms with E-state index in [4.69, 9.17) is 0 Å². The quantitative estimate of drug-likeness (QED) is 0.873. The van der Waals surface area contributed by atoms with Gasteiger partial charge in [0.1, 0.15) is 0 Å². The molecule has 1 aliphatic heterocycles. The van der Waals surface area contributed by atoms with Crippen LogP contribution in [-0.2, 0) is 6.54 Å². The Labute approximate surface area is 128 Å². The molecule has 4 heteroatoms. The summed E-state index contributed by atoms with van der Waals surface area (Å²) in [6, 6.07) is 4.51. The predicted octanol–water partition coefficient (Wildman–Crippen LogP) is 2.35. The molecular weight excluding hydrogens is 260 g/mol. The van der Waals surface area contributed by atoms with Crippen LogP contribution >= 0.6 is 0 Å². The highest BCUT2D eigenvalue weighted by Gasteiger charge is 2.38. The molecule has 0 aromatic carbocycles. The van der Waals surface area contributed by atoms with Crippen molar-refractivity contribution < 1.29 is 0 Å². The fraction of sp³-hybridized carbons (Fsp3) is 0.824. The van der Waals surface area contributed by atoms with Crippen LogP contribution in [0.5, 0.6) is 0 Å². The number of aromatic nitrogens is 2. The van der Waals surface area contributed by atoms with Gasteiger partial charge in [0.25, 0.3) is 0 Å². The molecule has 1 saturated carbocycles. The average molecular weight is 290 g/mol. The molecule has 0 radical (unpaired) electrons. The van der Waals surface area contributed by atoms with Crippen LogP contribution in [0.15, 0.2) is 6.07 Å². The monoisotopic (exact) mass is 290 g/mol. The van der Waals surface area contributed by atoms with Gasteiger partial charge in [-0.1, -0.05) is 6.92 Å². The molecule has 0 spiro atoms. The number of nitrogens with zero attached hydrogens (tertiary/aromatic N) is 3. The Hall–Kier alpha value is -0.870. The molecule has 1 aromatic heterocycles. The van der Waals surface area contributed by atoms with E-state index in [1.807, 2.05) is 0 Å². The number of aryl methyl sites for hydroxylation is 2. The molecule has 1 saturated heterocycles. The van der Waals surface area contributed by atoms with Crippen LogP contribution in [0.3, 0.4) is 0 Å². The summed E-state index contributed by atoms with van der Waals surface area (Å²) >= 11 is 0. The Balaban J connectivity index is 1.43. The van der Waals surface area contributed by atoms with E-state index < -0.39 is 0 Å². The zero-order valence-corrected chi connectivity index (χ0v) is 14.0. The summed E-state index contributed by atoms with van der Waals surface area (Å²) in [5, 5.41) is 8.35. The smallest absolute Gasteiger partial charge is 0.0596 e. The highest BCUT2D eigenvalue weighted by molar-refractivity contribution is 5.06. The Morgan fingerprint density at radius 3 is 2.76 bits per heavy atom. The topological polar surface area (TPSA) is 33.1 Å². The lowest BCUT2D eigenvalue weighted by Gasteiger charge is -2.20. The second-order valence-electron chi connectivity index (χ2n) is 7.33. The molecule has 2 heterocycles. The van der Waals surface area contributed by atoms with Crippen LogP contribution in [0.1, 0.15) is 44.5 Å². The van der Waals surface area contributed by atoms with Crippen molar-refractivity contribution in [3.63, 3.8) is 0 Å². The molecule has 118 valence electrons. The van der Waals surface area contributed by atoms with Crippen LogP contribution in [0, 0.1) is 19.8 Å². The van der Waals surface area contributed by atoms with Crippen molar-refractivity contribution >= 4 is 0 Å². The summed E-state index contributed by atoms with van der Waals surface area (Å²) in [5.41, 5.74) is 2.39. The summed E-state index contributed by atoms with van der Waals surface area (Å²) in [4.78, 5) is 2.71. The van der Waals surface area contributed by atoms with Gasteiger partial charge >= 0.3 is 0 Å². The second-order valence-corrected chi connectivity index (χ2v) is 7.33. The van der Waals surface area contributed by atoms with Gasteiger partial charge in [0, 0.05) is 36.9 Å². The van der Waals surface area contributed by atoms with E-state index in [1.54, 1.807) is 0 Å². The first-order chi connectivity index (χ1) is 10.0. The van der Waals surface area contributed by atoms with Crippen LogP contribution in [0.25, 0.3) is 0 Å². The number of rotatable bonds is 6. The molecule has 21 heavy (non-hydrogen) atoms. The Morgan fingerprint density at radius 1 is 1.38 bits per heavy atom. The van der Waals surface area contributed by atoms with Crippen molar-refractivity contribution in [2.24, 2.45) is 5.92 Å². The first-order valence-electron chi connectivity index (χ1n) is 8.53. The summed E-state index contributed by atoms with van der Waals surface area (Å²) < 4.78 is 2.15. The molecule has 0 amide bonds. The predicted molar refractivity (Wildman–Crippen MR) is 86.5 cm³/mol. The largest absolute Gasteiger partial charge is 0.312 e. The van der Waals surface area contributed by atoms with Crippen molar-refractivity contribution in [2.45, 2.75) is 71.6 Å². The molecule has 1 aliphatic carbocycles. The summed E-state index contributed by atoms with van der Waals surface area (Å²) in [6.45, 7) is 12.3. The number of nitrogens with one attached hydrogen (secondary N) is 1. The van der Waals surface area contributed by atoms with Crippen molar-refractivity contribution in [2.75, 3.05) is 13.1 Å². The van der Waals surface area contributed by atoms with Crippen LogP contribution in [0.4, 0.5) is 0 Å². The van der Waals surface area contributed by atoms with Crippen LogP contribution < -0.4 is 5.32 Å². The summed E-state index contributed by atoms with van der Waals surface area (Å²) in [6.07, 6.45) is 4.15. The van der Waals surface area contributed by atoms with Gasteiger partial charge in [0.15, 0.2) is 0 Å². The fourth-order valence-electron chi connectivity index (χ4n) is 3.71. The van der Waals surface area contributed by atoms with Gasteiger partial charge in [0.2, 0.25) is 0 Å². The minimum Gasteiger partial charge on any atom is -0.312 e. The highest BCUT2D eigenvalue weighted by atomic mass is 15.3. The fourth-order valence-corrected chi connectivity index (χ4v) is 3.71. The minimum absolute atomic E-state index is 0.619. The first-order valence-corrected chi connectivity index (χ1v) is 8.53. The lowest BCUT2D eigenvalue weighted by Crippen LogP contribution is -2.37. The molecule has 3 rings (SSSR count). The molecule has 1 aromatic rings. The molecule has 2 fully saturated rings. The molecule has 0 bridgehead atoms. The van der Waals surface area contributed by atoms with Crippen molar-refractivity contribution in [1.29, 1.82) is 0 Å². The number of likely N-dealkylation sites (tertiary alicyclic amines) is 1.